The maximum atomic E-state index is 12.7. The summed E-state index contributed by atoms with van der Waals surface area (Å²) in [7, 11) is 0. The van der Waals surface area contributed by atoms with Crippen molar-refractivity contribution < 1.29 is 4.79 Å². The van der Waals surface area contributed by atoms with Gasteiger partial charge in [0.1, 0.15) is 0 Å². The Bertz CT molecular complexity index is 730. The van der Waals surface area contributed by atoms with E-state index in [1.165, 1.54) is 12.8 Å². The lowest BCUT2D eigenvalue weighted by Crippen LogP contribution is -2.57. The molecule has 3 heterocycles. The lowest BCUT2D eigenvalue weighted by Gasteiger charge is -2.42. The van der Waals surface area contributed by atoms with E-state index < -0.39 is 0 Å². The first-order valence-corrected chi connectivity index (χ1v) is 8.95. The van der Waals surface area contributed by atoms with Crippen LogP contribution in [0.5, 0.6) is 0 Å². The third kappa shape index (κ3) is 3.51. The second-order valence-corrected chi connectivity index (χ2v) is 7.01. The molecule has 2 saturated heterocycles. The van der Waals surface area contributed by atoms with Crippen LogP contribution in [0.3, 0.4) is 0 Å². The molecule has 7 nitrogen and oxygen atoms in total. The largest absolute Gasteiger partial charge is 0.323 e. The number of nitrogens with zero attached hydrogens (tertiary/aromatic N) is 5. The number of hydrogen-bond donors (Lipinski definition) is 1. The topological polar surface area (TPSA) is 66.3 Å². The monoisotopic (exact) mass is 340 g/mol. The van der Waals surface area contributed by atoms with E-state index in [9.17, 15) is 4.79 Å². The second-order valence-electron chi connectivity index (χ2n) is 7.01. The van der Waals surface area contributed by atoms with E-state index in [0.29, 0.717) is 18.4 Å². The Morgan fingerprint density at radius 2 is 2.12 bits per heavy atom. The molecular formula is C18H24N6O. The fraction of sp³-hybridized carbons (Fsp3) is 0.500. The van der Waals surface area contributed by atoms with Crippen LogP contribution in [-0.4, -0.2) is 62.5 Å². The quantitative estimate of drug-likeness (QED) is 0.928. The highest BCUT2D eigenvalue weighted by Gasteiger charge is 2.36. The molecule has 2 amide bonds. The van der Waals surface area contributed by atoms with Crippen LogP contribution in [0.1, 0.15) is 25.3 Å². The zero-order valence-corrected chi connectivity index (χ0v) is 14.5. The van der Waals surface area contributed by atoms with Crippen LogP contribution in [0.25, 0.3) is 0 Å². The highest BCUT2D eigenvalue weighted by molar-refractivity contribution is 5.88. The van der Waals surface area contributed by atoms with Gasteiger partial charge in [0.05, 0.1) is 12.7 Å². The smallest absolute Gasteiger partial charge is 0.319 e. The van der Waals surface area contributed by atoms with Crippen molar-refractivity contribution in [3.05, 3.63) is 42.1 Å². The summed E-state index contributed by atoms with van der Waals surface area (Å²) in [4.78, 5) is 17.1. The first kappa shape index (κ1) is 16.1. The van der Waals surface area contributed by atoms with Crippen molar-refractivity contribution in [1.29, 1.82) is 0 Å². The summed E-state index contributed by atoms with van der Waals surface area (Å²) in [5, 5.41) is 11.1. The molecule has 1 N–H and O–H groups in total. The molecule has 0 bridgehead atoms. The fourth-order valence-electron chi connectivity index (χ4n) is 3.86. The third-order valence-corrected chi connectivity index (χ3v) is 5.16. The van der Waals surface area contributed by atoms with Crippen molar-refractivity contribution >= 4 is 11.8 Å². The summed E-state index contributed by atoms with van der Waals surface area (Å²) in [5.41, 5.74) is 1.15. The lowest BCUT2D eigenvalue weighted by atomic mass is 10.1. The van der Waals surface area contributed by atoms with Crippen LogP contribution >= 0.6 is 0 Å². The van der Waals surface area contributed by atoms with Crippen molar-refractivity contribution in [3.8, 4) is 0 Å². The Labute approximate surface area is 147 Å². The Morgan fingerprint density at radius 1 is 1.28 bits per heavy atom. The lowest BCUT2D eigenvalue weighted by molar-refractivity contribution is 0.0861. The number of nitrogens with one attached hydrogen (secondary N) is 1. The molecule has 1 aromatic heterocycles. The molecule has 7 heteroatoms. The van der Waals surface area contributed by atoms with Gasteiger partial charge in [-0.15, -0.1) is 5.10 Å². The Kier molecular flexibility index (Phi) is 4.40. The molecule has 0 radical (unpaired) electrons. The van der Waals surface area contributed by atoms with Gasteiger partial charge in [-0.05, 0) is 31.9 Å². The van der Waals surface area contributed by atoms with E-state index in [4.69, 9.17) is 0 Å². The fourth-order valence-corrected chi connectivity index (χ4v) is 3.86. The van der Waals surface area contributed by atoms with E-state index in [1.807, 2.05) is 35.2 Å². The molecule has 1 aromatic carbocycles. The van der Waals surface area contributed by atoms with Gasteiger partial charge in [-0.25, -0.2) is 9.48 Å². The minimum absolute atomic E-state index is 0.0780. The van der Waals surface area contributed by atoms with Gasteiger partial charge in [-0.3, -0.25) is 10.2 Å². The molecule has 132 valence electrons. The molecule has 2 aromatic rings. The summed E-state index contributed by atoms with van der Waals surface area (Å²) in [6, 6.07) is 10.7. The zero-order valence-electron chi connectivity index (χ0n) is 14.5. The molecule has 2 aliphatic rings. The van der Waals surface area contributed by atoms with Gasteiger partial charge < -0.3 is 4.90 Å². The van der Waals surface area contributed by atoms with Gasteiger partial charge in [0.2, 0.25) is 0 Å². The summed E-state index contributed by atoms with van der Waals surface area (Å²) in [6.45, 7) is 5.67. The molecule has 2 aliphatic heterocycles. The minimum Gasteiger partial charge on any atom is -0.319 e. The highest BCUT2D eigenvalue weighted by Crippen LogP contribution is 2.24. The number of piperazine rings is 1. The van der Waals surface area contributed by atoms with E-state index >= 15 is 0 Å². The predicted molar refractivity (Wildman–Crippen MR) is 95.3 cm³/mol. The van der Waals surface area contributed by atoms with Crippen molar-refractivity contribution in [1.82, 2.24) is 24.8 Å². The minimum atomic E-state index is -0.0780. The molecule has 2 fully saturated rings. The van der Waals surface area contributed by atoms with Crippen molar-refractivity contribution in [2.75, 3.05) is 25.0 Å². The van der Waals surface area contributed by atoms with Crippen LogP contribution in [-0.2, 0) is 6.54 Å². The number of rotatable bonds is 3. The molecule has 0 aliphatic carbocycles. The number of aromatic nitrogens is 3. The van der Waals surface area contributed by atoms with Crippen LogP contribution in [0.15, 0.2) is 36.5 Å². The maximum absolute atomic E-state index is 12.7. The van der Waals surface area contributed by atoms with Crippen molar-refractivity contribution in [2.45, 2.75) is 38.4 Å². The van der Waals surface area contributed by atoms with Gasteiger partial charge in [-0.2, -0.15) is 0 Å². The number of carbonyl (C=O) groups is 1. The number of fused-ring (bicyclic) bond motifs is 1. The molecule has 0 unspecified atom stereocenters. The van der Waals surface area contributed by atoms with Crippen molar-refractivity contribution in [3.63, 3.8) is 0 Å². The molecule has 0 saturated carbocycles. The summed E-state index contributed by atoms with van der Waals surface area (Å²) < 4.78 is 1.74. The Morgan fingerprint density at radius 3 is 2.96 bits per heavy atom. The normalized spacial score (nSPS) is 23.5. The number of urea groups is 1. The van der Waals surface area contributed by atoms with Gasteiger partial charge in [0.15, 0.2) is 5.82 Å². The summed E-state index contributed by atoms with van der Waals surface area (Å²) in [6.07, 6.45) is 4.20. The van der Waals surface area contributed by atoms with E-state index in [-0.39, 0.29) is 12.1 Å². The Balaban J connectivity index is 1.38. The number of hydrogen-bond acceptors (Lipinski definition) is 4. The number of carbonyl (C=O) groups excluding carboxylic acids is 1. The van der Waals surface area contributed by atoms with Crippen LogP contribution in [0, 0.1) is 0 Å². The Hall–Kier alpha value is -2.41. The van der Waals surface area contributed by atoms with Gasteiger partial charge in [0.25, 0.3) is 0 Å². The van der Waals surface area contributed by atoms with Crippen LogP contribution < -0.4 is 5.32 Å². The maximum Gasteiger partial charge on any atom is 0.323 e. The van der Waals surface area contributed by atoms with Crippen LogP contribution in [0.2, 0.25) is 0 Å². The average Bonchev–Trinajstić information content (AvgIpc) is 3.24. The van der Waals surface area contributed by atoms with Crippen molar-refractivity contribution in [2.24, 2.45) is 0 Å². The standard InChI is InChI=1S/C18H24N6O/c1-14-10-22-9-5-8-16(22)12-24(14)18(25)19-17-13-23(21-20-17)11-15-6-3-2-4-7-15/h2-4,6-7,13-14,16H,5,8-12H2,1H3,(H,19,25)/t14-,16-/m0/s1. The van der Waals surface area contributed by atoms with Crippen LogP contribution in [0.4, 0.5) is 10.6 Å². The number of anilines is 1. The number of benzene rings is 1. The summed E-state index contributed by atoms with van der Waals surface area (Å²) in [5.74, 6) is 0.502. The zero-order chi connectivity index (χ0) is 17.2. The van der Waals surface area contributed by atoms with Gasteiger partial charge in [-0.1, -0.05) is 35.5 Å². The van der Waals surface area contributed by atoms with Gasteiger partial charge >= 0.3 is 6.03 Å². The molecule has 25 heavy (non-hydrogen) atoms. The third-order valence-electron chi connectivity index (χ3n) is 5.16. The molecule has 4 rings (SSSR count). The van der Waals surface area contributed by atoms with E-state index in [1.54, 1.807) is 10.9 Å². The summed E-state index contributed by atoms with van der Waals surface area (Å²) >= 11 is 0. The highest BCUT2D eigenvalue weighted by atomic mass is 16.2. The molecule has 0 spiro atoms. The number of amides is 2. The first-order chi connectivity index (χ1) is 12.2. The average molecular weight is 340 g/mol. The first-order valence-electron chi connectivity index (χ1n) is 8.95. The molecule has 2 atom stereocenters. The SMILES string of the molecule is C[C@H]1CN2CCC[C@H]2CN1C(=O)Nc1cn(Cc2ccccc2)nn1. The van der Waals surface area contributed by atoms with Gasteiger partial charge in [0, 0.05) is 25.2 Å². The van der Waals surface area contributed by atoms with E-state index in [0.717, 1.165) is 25.2 Å². The van der Waals surface area contributed by atoms with E-state index in [2.05, 4.69) is 27.5 Å². The molecular weight excluding hydrogens is 316 g/mol. The predicted octanol–water partition coefficient (Wildman–Crippen LogP) is 2.03. The second kappa shape index (κ2) is 6.84.